The van der Waals surface area contributed by atoms with Gasteiger partial charge >= 0.3 is 0 Å². The minimum absolute atomic E-state index is 0.638. The van der Waals surface area contributed by atoms with Gasteiger partial charge in [0.1, 0.15) is 5.82 Å². The van der Waals surface area contributed by atoms with Crippen molar-refractivity contribution in [2.24, 2.45) is 5.92 Å². The molecule has 0 radical (unpaired) electrons. The summed E-state index contributed by atoms with van der Waals surface area (Å²) in [5.74, 6) is 1.76. The van der Waals surface area contributed by atoms with Gasteiger partial charge in [-0.25, -0.2) is 4.98 Å². The van der Waals surface area contributed by atoms with Crippen LogP contribution in [0.3, 0.4) is 0 Å². The summed E-state index contributed by atoms with van der Waals surface area (Å²) >= 11 is 0. The summed E-state index contributed by atoms with van der Waals surface area (Å²) in [7, 11) is 0. The first-order chi connectivity index (χ1) is 9.76. The van der Waals surface area contributed by atoms with Gasteiger partial charge in [0.05, 0.1) is 11.0 Å². The fourth-order valence-corrected chi connectivity index (χ4v) is 2.37. The number of rotatable bonds is 8. The molecule has 4 heteroatoms. The van der Waals surface area contributed by atoms with E-state index in [4.69, 9.17) is 4.98 Å². The summed E-state index contributed by atoms with van der Waals surface area (Å²) in [6, 6.07) is 8.29. The lowest BCUT2D eigenvalue weighted by atomic mass is 10.1. The molecule has 1 N–H and O–H groups in total. The van der Waals surface area contributed by atoms with Gasteiger partial charge in [-0.15, -0.1) is 0 Å². The number of amides is 1. The molecule has 1 aromatic heterocycles. The molecule has 0 fully saturated rings. The molecule has 1 aromatic carbocycles. The van der Waals surface area contributed by atoms with Crippen molar-refractivity contribution in [3.8, 4) is 0 Å². The van der Waals surface area contributed by atoms with E-state index in [1.807, 2.05) is 6.07 Å². The lowest BCUT2D eigenvalue weighted by molar-refractivity contribution is -0.109. The molecule has 2 aromatic rings. The summed E-state index contributed by atoms with van der Waals surface area (Å²) in [6.07, 6.45) is 3.73. The number of carbonyl (C=O) groups is 1. The number of imidazole rings is 1. The molecule has 1 heterocycles. The maximum atomic E-state index is 10.3. The molecular weight excluding hydrogens is 250 g/mol. The van der Waals surface area contributed by atoms with E-state index in [0.29, 0.717) is 12.5 Å². The van der Waals surface area contributed by atoms with Crippen LogP contribution in [-0.2, 0) is 17.8 Å². The third-order valence-electron chi connectivity index (χ3n) is 3.73. The maximum absolute atomic E-state index is 10.3. The highest BCUT2D eigenvalue weighted by Crippen LogP contribution is 2.19. The van der Waals surface area contributed by atoms with E-state index in [1.165, 1.54) is 11.9 Å². The predicted molar refractivity (Wildman–Crippen MR) is 81.6 cm³/mol. The van der Waals surface area contributed by atoms with E-state index in [9.17, 15) is 4.79 Å². The van der Waals surface area contributed by atoms with Crippen molar-refractivity contribution in [1.29, 1.82) is 0 Å². The third-order valence-corrected chi connectivity index (χ3v) is 3.73. The number of para-hydroxylation sites is 2. The SMILES string of the molecule is CCC(C)Cn1c(CCCNC=O)nc2ccccc21. The molecule has 2 rings (SSSR count). The topological polar surface area (TPSA) is 46.9 Å². The van der Waals surface area contributed by atoms with Crippen molar-refractivity contribution in [2.45, 2.75) is 39.7 Å². The maximum Gasteiger partial charge on any atom is 0.207 e. The van der Waals surface area contributed by atoms with Crippen LogP contribution in [0.1, 0.15) is 32.5 Å². The first-order valence-electron chi connectivity index (χ1n) is 7.37. The highest BCUT2D eigenvalue weighted by molar-refractivity contribution is 5.75. The number of nitrogens with one attached hydrogen (secondary N) is 1. The molecule has 0 aliphatic rings. The molecule has 0 bridgehead atoms. The van der Waals surface area contributed by atoms with Crippen molar-refractivity contribution in [1.82, 2.24) is 14.9 Å². The minimum atomic E-state index is 0.638. The van der Waals surface area contributed by atoms with Gasteiger partial charge in [-0.3, -0.25) is 4.79 Å². The Bertz CT molecular complexity index is 562. The Kier molecular flexibility index (Phi) is 5.16. The molecule has 0 saturated heterocycles. The zero-order valence-corrected chi connectivity index (χ0v) is 12.3. The van der Waals surface area contributed by atoms with Gasteiger partial charge < -0.3 is 9.88 Å². The highest BCUT2D eigenvalue weighted by atomic mass is 16.1. The number of benzene rings is 1. The summed E-state index contributed by atoms with van der Waals surface area (Å²) in [6.45, 7) is 6.20. The Morgan fingerprint density at radius 1 is 1.40 bits per heavy atom. The van der Waals surface area contributed by atoms with Gasteiger partial charge in [-0.1, -0.05) is 32.4 Å². The second-order valence-corrected chi connectivity index (χ2v) is 5.32. The second kappa shape index (κ2) is 7.08. The third kappa shape index (κ3) is 3.38. The molecule has 108 valence electrons. The predicted octanol–water partition coefficient (Wildman–Crippen LogP) is 2.76. The molecule has 1 unspecified atom stereocenters. The lowest BCUT2D eigenvalue weighted by Crippen LogP contribution is -2.15. The van der Waals surface area contributed by atoms with Crippen LogP contribution in [0, 0.1) is 5.92 Å². The molecule has 1 amide bonds. The van der Waals surface area contributed by atoms with E-state index >= 15 is 0 Å². The highest BCUT2D eigenvalue weighted by Gasteiger charge is 2.12. The molecule has 20 heavy (non-hydrogen) atoms. The monoisotopic (exact) mass is 273 g/mol. The number of aryl methyl sites for hydroxylation is 1. The number of hydrogen-bond acceptors (Lipinski definition) is 2. The van der Waals surface area contributed by atoms with Crippen LogP contribution in [0.15, 0.2) is 24.3 Å². The summed E-state index contributed by atoms with van der Waals surface area (Å²) < 4.78 is 2.34. The molecular formula is C16H23N3O. The molecule has 0 aliphatic heterocycles. The van der Waals surface area contributed by atoms with Crippen molar-refractivity contribution >= 4 is 17.4 Å². The van der Waals surface area contributed by atoms with Crippen LogP contribution in [0.5, 0.6) is 0 Å². The van der Waals surface area contributed by atoms with E-state index in [2.05, 4.69) is 41.9 Å². The van der Waals surface area contributed by atoms with E-state index in [0.717, 1.165) is 37.1 Å². The quantitative estimate of drug-likeness (QED) is 0.594. The zero-order chi connectivity index (χ0) is 14.4. The summed E-state index contributed by atoms with van der Waals surface area (Å²) in [4.78, 5) is 15.0. The Labute approximate surface area is 120 Å². The van der Waals surface area contributed by atoms with Crippen molar-refractivity contribution < 1.29 is 4.79 Å². The van der Waals surface area contributed by atoms with Gasteiger partial charge in [0.2, 0.25) is 6.41 Å². The van der Waals surface area contributed by atoms with Crippen LogP contribution in [0.25, 0.3) is 11.0 Å². The van der Waals surface area contributed by atoms with Crippen LogP contribution in [0.2, 0.25) is 0 Å². The van der Waals surface area contributed by atoms with E-state index in [-0.39, 0.29) is 0 Å². The number of aromatic nitrogens is 2. The molecule has 0 saturated carbocycles. The molecule has 0 aliphatic carbocycles. The van der Waals surface area contributed by atoms with Gasteiger partial charge in [0.25, 0.3) is 0 Å². The number of fused-ring (bicyclic) bond motifs is 1. The Hall–Kier alpha value is -1.84. The summed E-state index contributed by atoms with van der Waals surface area (Å²) in [5, 5.41) is 2.71. The average Bonchev–Trinajstić information content (AvgIpc) is 2.81. The number of carbonyl (C=O) groups excluding carboxylic acids is 1. The first kappa shape index (κ1) is 14.6. The van der Waals surface area contributed by atoms with Gasteiger partial charge in [0, 0.05) is 19.5 Å². The fraction of sp³-hybridized carbons (Fsp3) is 0.500. The summed E-state index contributed by atoms with van der Waals surface area (Å²) in [5.41, 5.74) is 2.28. The van der Waals surface area contributed by atoms with Crippen LogP contribution in [0.4, 0.5) is 0 Å². The van der Waals surface area contributed by atoms with Gasteiger partial charge in [-0.05, 0) is 24.5 Å². The van der Waals surface area contributed by atoms with E-state index < -0.39 is 0 Å². The molecule has 1 atom stereocenters. The first-order valence-corrected chi connectivity index (χ1v) is 7.37. The number of nitrogens with zero attached hydrogens (tertiary/aromatic N) is 2. The Morgan fingerprint density at radius 2 is 2.20 bits per heavy atom. The van der Waals surface area contributed by atoms with Crippen LogP contribution >= 0.6 is 0 Å². The average molecular weight is 273 g/mol. The zero-order valence-electron chi connectivity index (χ0n) is 12.3. The van der Waals surface area contributed by atoms with Crippen LogP contribution < -0.4 is 5.32 Å². The van der Waals surface area contributed by atoms with Gasteiger partial charge in [0.15, 0.2) is 0 Å². The Balaban J connectivity index is 2.21. The van der Waals surface area contributed by atoms with Crippen LogP contribution in [-0.4, -0.2) is 22.5 Å². The normalized spacial score (nSPS) is 12.5. The smallest absolute Gasteiger partial charge is 0.207 e. The minimum Gasteiger partial charge on any atom is -0.359 e. The number of hydrogen-bond donors (Lipinski definition) is 1. The second-order valence-electron chi connectivity index (χ2n) is 5.32. The molecule has 0 spiro atoms. The van der Waals surface area contributed by atoms with E-state index in [1.54, 1.807) is 0 Å². The molecule has 4 nitrogen and oxygen atoms in total. The fourth-order valence-electron chi connectivity index (χ4n) is 2.37. The van der Waals surface area contributed by atoms with Crippen molar-refractivity contribution in [3.05, 3.63) is 30.1 Å². The van der Waals surface area contributed by atoms with Crippen molar-refractivity contribution in [3.63, 3.8) is 0 Å². The largest absolute Gasteiger partial charge is 0.359 e. The van der Waals surface area contributed by atoms with Crippen molar-refractivity contribution in [2.75, 3.05) is 6.54 Å². The van der Waals surface area contributed by atoms with Gasteiger partial charge in [-0.2, -0.15) is 0 Å². The lowest BCUT2D eigenvalue weighted by Gasteiger charge is -2.13. The Morgan fingerprint density at radius 3 is 2.95 bits per heavy atom. The standard InChI is InChI=1S/C16H23N3O/c1-3-13(2)11-19-15-8-5-4-7-14(15)18-16(19)9-6-10-17-12-20/h4-5,7-8,12-13H,3,6,9-11H2,1-2H3,(H,17,20).